The van der Waals surface area contributed by atoms with Crippen molar-refractivity contribution in [2.24, 2.45) is 11.7 Å². The fraction of sp³-hybridized carbons (Fsp3) is 0.600. The Morgan fingerprint density at radius 3 is 2.69 bits per heavy atom. The second kappa shape index (κ2) is 3.71. The van der Waals surface area contributed by atoms with Crippen LogP contribution < -0.4 is 5.73 Å². The normalized spacial score (nSPS) is 19.9. The predicted octanol–water partition coefficient (Wildman–Crippen LogP) is 3.62. The van der Waals surface area contributed by atoms with Crippen LogP contribution in [0.5, 0.6) is 0 Å². The van der Waals surface area contributed by atoms with E-state index in [0.29, 0.717) is 0 Å². The summed E-state index contributed by atoms with van der Waals surface area (Å²) in [5.74, 6) is 0.731. The van der Waals surface area contributed by atoms with E-state index in [4.69, 9.17) is 5.73 Å². The molecular weight excluding hydrogens is 246 g/mol. The van der Waals surface area contributed by atoms with E-state index in [1.165, 1.54) is 33.5 Å². The first-order valence-electron chi connectivity index (χ1n) is 4.70. The Bertz CT molecular complexity index is 304. The number of aryl methyl sites for hydroxylation is 1. The number of rotatable bonds is 2. The van der Waals surface area contributed by atoms with E-state index in [1.807, 2.05) is 11.3 Å². The molecule has 13 heavy (non-hydrogen) atoms. The highest BCUT2D eigenvalue weighted by Gasteiger charge is 2.27. The van der Waals surface area contributed by atoms with Gasteiger partial charge in [0.1, 0.15) is 0 Å². The quantitative estimate of drug-likeness (QED) is 0.863. The maximum Gasteiger partial charge on any atom is 0.0429 e. The minimum Gasteiger partial charge on any atom is -0.323 e. The SMILES string of the molecule is Cc1cc(Br)c(C(N)C2CCC2)s1. The summed E-state index contributed by atoms with van der Waals surface area (Å²) in [4.78, 5) is 2.68. The first-order chi connectivity index (χ1) is 6.18. The van der Waals surface area contributed by atoms with Crippen LogP contribution in [-0.4, -0.2) is 0 Å². The first kappa shape index (κ1) is 9.69. The summed E-state index contributed by atoms with van der Waals surface area (Å²) < 4.78 is 1.20. The smallest absolute Gasteiger partial charge is 0.0429 e. The topological polar surface area (TPSA) is 26.0 Å². The van der Waals surface area contributed by atoms with Gasteiger partial charge in [-0.25, -0.2) is 0 Å². The van der Waals surface area contributed by atoms with E-state index in [1.54, 1.807) is 0 Å². The lowest BCUT2D eigenvalue weighted by Gasteiger charge is -2.30. The third-order valence-corrected chi connectivity index (χ3v) is 4.87. The van der Waals surface area contributed by atoms with Gasteiger partial charge in [0, 0.05) is 20.3 Å². The molecule has 1 aromatic rings. The summed E-state index contributed by atoms with van der Waals surface area (Å²) in [6.45, 7) is 2.13. The molecule has 2 N–H and O–H groups in total. The largest absolute Gasteiger partial charge is 0.323 e. The minimum atomic E-state index is 0.266. The van der Waals surface area contributed by atoms with Crippen LogP contribution in [0.4, 0.5) is 0 Å². The van der Waals surface area contributed by atoms with Gasteiger partial charge in [0.05, 0.1) is 0 Å². The van der Waals surface area contributed by atoms with Crippen LogP contribution >= 0.6 is 27.3 Å². The molecule has 0 saturated heterocycles. The molecular formula is C10H14BrNS. The number of thiophene rings is 1. The molecule has 1 aliphatic rings. The van der Waals surface area contributed by atoms with Crippen molar-refractivity contribution in [3.8, 4) is 0 Å². The molecule has 72 valence electrons. The van der Waals surface area contributed by atoms with E-state index in [-0.39, 0.29) is 6.04 Å². The molecule has 3 heteroatoms. The highest BCUT2D eigenvalue weighted by atomic mass is 79.9. The van der Waals surface area contributed by atoms with Gasteiger partial charge in [-0.2, -0.15) is 0 Å². The summed E-state index contributed by atoms with van der Waals surface area (Å²) in [6, 6.07) is 2.43. The fourth-order valence-corrected chi connectivity index (χ4v) is 3.75. The van der Waals surface area contributed by atoms with Crippen molar-refractivity contribution in [1.82, 2.24) is 0 Å². The Labute approximate surface area is 91.5 Å². The van der Waals surface area contributed by atoms with Gasteiger partial charge in [-0.1, -0.05) is 6.42 Å². The first-order valence-corrected chi connectivity index (χ1v) is 6.31. The highest BCUT2D eigenvalue weighted by Crippen LogP contribution is 2.41. The molecule has 0 radical (unpaired) electrons. The Kier molecular flexibility index (Phi) is 2.77. The van der Waals surface area contributed by atoms with Gasteiger partial charge in [-0.05, 0) is 47.7 Å². The van der Waals surface area contributed by atoms with Crippen molar-refractivity contribution >= 4 is 27.3 Å². The lowest BCUT2D eigenvalue weighted by molar-refractivity contribution is 0.266. The molecule has 0 aliphatic heterocycles. The standard InChI is InChI=1S/C10H14BrNS/c1-6-5-8(11)10(13-6)9(12)7-3-2-4-7/h5,7,9H,2-4,12H2,1H3. The number of nitrogens with two attached hydrogens (primary N) is 1. The van der Waals surface area contributed by atoms with Crippen LogP contribution in [0.25, 0.3) is 0 Å². The van der Waals surface area contributed by atoms with E-state index in [2.05, 4.69) is 28.9 Å². The summed E-state index contributed by atoms with van der Waals surface area (Å²) >= 11 is 5.40. The zero-order valence-electron chi connectivity index (χ0n) is 7.72. The van der Waals surface area contributed by atoms with Crippen LogP contribution in [0.2, 0.25) is 0 Å². The second-order valence-corrected chi connectivity index (χ2v) is 5.93. The van der Waals surface area contributed by atoms with E-state index >= 15 is 0 Å². The molecule has 1 unspecified atom stereocenters. The average molecular weight is 260 g/mol. The monoisotopic (exact) mass is 259 g/mol. The molecule has 1 aromatic heterocycles. The van der Waals surface area contributed by atoms with Crippen molar-refractivity contribution in [1.29, 1.82) is 0 Å². The van der Waals surface area contributed by atoms with Crippen LogP contribution in [-0.2, 0) is 0 Å². The van der Waals surface area contributed by atoms with Gasteiger partial charge in [0.25, 0.3) is 0 Å². The maximum absolute atomic E-state index is 6.19. The number of hydrogen-bond acceptors (Lipinski definition) is 2. The highest BCUT2D eigenvalue weighted by molar-refractivity contribution is 9.10. The average Bonchev–Trinajstić information content (AvgIpc) is 2.26. The summed E-state index contributed by atoms with van der Waals surface area (Å²) in [7, 11) is 0. The van der Waals surface area contributed by atoms with Crippen molar-refractivity contribution in [2.75, 3.05) is 0 Å². The van der Waals surface area contributed by atoms with Gasteiger partial charge >= 0.3 is 0 Å². The Morgan fingerprint density at radius 1 is 1.62 bits per heavy atom. The van der Waals surface area contributed by atoms with Crippen LogP contribution in [0.1, 0.15) is 35.1 Å². The molecule has 0 aromatic carbocycles. The van der Waals surface area contributed by atoms with E-state index in [9.17, 15) is 0 Å². The van der Waals surface area contributed by atoms with Crippen LogP contribution in [0.3, 0.4) is 0 Å². The van der Waals surface area contributed by atoms with Crippen LogP contribution in [0, 0.1) is 12.8 Å². The van der Waals surface area contributed by atoms with Crippen molar-refractivity contribution in [2.45, 2.75) is 32.2 Å². The molecule has 0 spiro atoms. The van der Waals surface area contributed by atoms with Gasteiger partial charge < -0.3 is 5.73 Å². The Morgan fingerprint density at radius 2 is 2.31 bits per heavy atom. The molecule has 1 heterocycles. The zero-order chi connectivity index (χ0) is 9.42. The fourth-order valence-electron chi connectivity index (χ4n) is 1.74. The second-order valence-electron chi connectivity index (χ2n) is 3.79. The zero-order valence-corrected chi connectivity index (χ0v) is 10.1. The molecule has 0 bridgehead atoms. The van der Waals surface area contributed by atoms with Gasteiger partial charge in [-0.3, -0.25) is 0 Å². The summed E-state index contributed by atoms with van der Waals surface area (Å²) in [5.41, 5.74) is 6.19. The predicted molar refractivity (Wildman–Crippen MR) is 61.0 cm³/mol. The van der Waals surface area contributed by atoms with Crippen molar-refractivity contribution in [3.05, 3.63) is 20.3 Å². The summed E-state index contributed by atoms with van der Waals surface area (Å²) in [6.07, 6.45) is 3.98. The molecule has 1 saturated carbocycles. The van der Waals surface area contributed by atoms with Gasteiger partial charge in [0.2, 0.25) is 0 Å². The van der Waals surface area contributed by atoms with Gasteiger partial charge in [-0.15, -0.1) is 11.3 Å². The molecule has 0 amide bonds. The molecule has 1 nitrogen and oxygen atoms in total. The molecule has 1 atom stereocenters. The van der Waals surface area contributed by atoms with Gasteiger partial charge in [0.15, 0.2) is 0 Å². The molecule has 1 fully saturated rings. The van der Waals surface area contributed by atoms with Crippen molar-refractivity contribution < 1.29 is 0 Å². The third kappa shape index (κ3) is 1.83. The molecule has 2 rings (SSSR count). The Balaban J connectivity index is 2.18. The maximum atomic E-state index is 6.19. The lowest BCUT2D eigenvalue weighted by Crippen LogP contribution is -2.26. The van der Waals surface area contributed by atoms with Crippen molar-refractivity contribution in [3.63, 3.8) is 0 Å². The third-order valence-electron chi connectivity index (χ3n) is 2.80. The lowest BCUT2D eigenvalue weighted by atomic mass is 9.79. The number of halogens is 1. The van der Waals surface area contributed by atoms with E-state index < -0.39 is 0 Å². The minimum absolute atomic E-state index is 0.266. The number of hydrogen-bond donors (Lipinski definition) is 1. The Hall–Kier alpha value is 0.140. The van der Waals surface area contributed by atoms with E-state index in [0.717, 1.165) is 5.92 Å². The molecule has 1 aliphatic carbocycles. The van der Waals surface area contributed by atoms with Crippen LogP contribution in [0.15, 0.2) is 10.5 Å². The summed E-state index contributed by atoms with van der Waals surface area (Å²) in [5, 5.41) is 0.